The van der Waals surface area contributed by atoms with Crippen molar-refractivity contribution < 1.29 is 4.74 Å². The first-order valence-corrected chi connectivity index (χ1v) is 8.62. The Hall–Kier alpha value is -1.32. The Kier molecular flexibility index (Phi) is 4.61. The van der Waals surface area contributed by atoms with Crippen LogP contribution in [0.1, 0.15) is 48.6 Å². The molecule has 1 fully saturated rings. The second kappa shape index (κ2) is 6.63. The standard InChI is InChI=1S/C18H23NOS/c1-3-16(18-9-6-10-21-18)19-14-11-13(12-14)15-7-4-5-8-17(15)20-2/h4-10,13-14,16,19H,3,11-12H2,1-2H3. The normalized spacial score (nSPS) is 22.6. The molecule has 0 aliphatic heterocycles. The van der Waals surface area contributed by atoms with Crippen LogP contribution in [0.3, 0.4) is 0 Å². The first-order valence-electron chi connectivity index (χ1n) is 7.74. The molecule has 1 aromatic carbocycles. The van der Waals surface area contributed by atoms with Crippen LogP contribution in [0.4, 0.5) is 0 Å². The van der Waals surface area contributed by atoms with Gasteiger partial charge in [-0.15, -0.1) is 11.3 Å². The van der Waals surface area contributed by atoms with Crippen molar-refractivity contribution in [3.63, 3.8) is 0 Å². The highest BCUT2D eigenvalue weighted by Gasteiger charge is 2.33. The fourth-order valence-electron chi connectivity index (χ4n) is 3.19. The summed E-state index contributed by atoms with van der Waals surface area (Å²) in [5, 5.41) is 5.98. The minimum atomic E-state index is 0.508. The Labute approximate surface area is 131 Å². The fourth-order valence-corrected chi connectivity index (χ4v) is 4.06. The van der Waals surface area contributed by atoms with Crippen LogP contribution >= 0.6 is 11.3 Å². The number of benzene rings is 1. The molecule has 1 aliphatic rings. The zero-order chi connectivity index (χ0) is 14.7. The van der Waals surface area contributed by atoms with Gasteiger partial charge in [-0.25, -0.2) is 0 Å². The minimum absolute atomic E-state index is 0.508. The smallest absolute Gasteiger partial charge is 0.122 e. The highest BCUT2D eigenvalue weighted by molar-refractivity contribution is 7.10. The Morgan fingerprint density at radius 3 is 2.71 bits per heavy atom. The summed E-state index contributed by atoms with van der Waals surface area (Å²) in [6.45, 7) is 2.26. The quantitative estimate of drug-likeness (QED) is 0.832. The largest absolute Gasteiger partial charge is 0.496 e. The molecule has 1 atom stereocenters. The SMILES string of the molecule is CCC(NC1CC(c2ccccc2OC)C1)c1cccs1. The van der Waals surface area contributed by atoms with Gasteiger partial charge in [0.15, 0.2) is 0 Å². The van der Waals surface area contributed by atoms with Gasteiger partial charge in [-0.1, -0.05) is 31.2 Å². The van der Waals surface area contributed by atoms with E-state index >= 15 is 0 Å². The molecule has 0 bridgehead atoms. The lowest BCUT2D eigenvalue weighted by Crippen LogP contribution is -2.41. The maximum atomic E-state index is 5.48. The zero-order valence-corrected chi connectivity index (χ0v) is 13.5. The van der Waals surface area contributed by atoms with Gasteiger partial charge in [-0.3, -0.25) is 0 Å². The van der Waals surface area contributed by atoms with Crippen LogP contribution in [0.25, 0.3) is 0 Å². The molecule has 2 aromatic rings. The Morgan fingerprint density at radius 2 is 2.05 bits per heavy atom. The van der Waals surface area contributed by atoms with Gasteiger partial charge in [0.1, 0.15) is 5.75 Å². The number of hydrogen-bond donors (Lipinski definition) is 1. The second-order valence-corrected chi connectivity index (χ2v) is 6.73. The summed E-state index contributed by atoms with van der Waals surface area (Å²) in [5.41, 5.74) is 1.36. The third-order valence-electron chi connectivity index (χ3n) is 4.45. The van der Waals surface area contributed by atoms with Gasteiger partial charge in [0.2, 0.25) is 0 Å². The summed E-state index contributed by atoms with van der Waals surface area (Å²) in [6.07, 6.45) is 3.57. The maximum absolute atomic E-state index is 5.48. The van der Waals surface area contributed by atoms with E-state index in [1.807, 2.05) is 17.4 Å². The molecule has 0 amide bonds. The van der Waals surface area contributed by atoms with Gasteiger partial charge in [0.05, 0.1) is 7.11 Å². The van der Waals surface area contributed by atoms with Crippen molar-refractivity contribution in [3.8, 4) is 5.75 Å². The molecule has 3 heteroatoms. The molecule has 1 aromatic heterocycles. The van der Waals surface area contributed by atoms with E-state index in [0.717, 1.165) is 12.2 Å². The topological polar surface area (TPSA) is 21.3 Å². The number of thiophene rings is 1. The summed E-state index contributed by atoms with van der Waals surface area (Å²) in [5.74, 6) is 1.67. The van der Waals surface area contributed by atoms with Crippen LogP contribution in [0, 0.1) is 0 Å². The van der Waals surface area contributed by atoms with Crippen LogP contribution in [-0.4, -0.2) is 13.2 Å². The molecular formula is C18H23NOS. The number of methoxy groups -OCH3 is 1. The number of para-hydroxylation sites is 1. The molecule has 2 nitrogen and oxygen atoms in total. The van der Waals surface area contributed by atoms with E-state index < -0.39 is 0 Å². The minimum Gasteiger partial charge on any atom is -0.496 e. The van der Waals surface area contributed by atoms with Gasteiger partial charge in [-0.05, 0) is 48.3 Å². The highest BCUT2D eigenvalue weighted by atomic mass is 32.1. The van der Waals surface area contributed by atoms with E-state index in [-0.39, 0.29) is 0 Å². The van der Waals surface area contributed by atoms with Crippen molar-refractivity contribution in [1.29, 1.82) is 0 Å². The van der Waals surface area contributed by atoms with Crippen molar-refractivity contribution in [2.75, 3.05) is 7.11 Å². The molecular weight excluding hydrogens is 278 g/mol. The molecule has 0 radical (unpaired) electrons. The van der Waals surface area contributed by atoms with Crippen molar-refractivity contribution in [2.45, 2.75) is 44.2 Å². The molecule has 112 valence electrons. The van der Waals surface area contributed by atoms with Crippen LogP contribution in [0.5, 0.6) is 5.75 Å². The molecule has 1 N–H and O–H groups in total. The Balaban J connectivity index is 1.58. The third-order valence-corrected chi connectivity index (χ3v) is 5.43. The van der Waals surface area contributed by atoms with Crippen LogP contribution in [-0.2, 0) is 0 Å². The van der Waals surface area contributed by atoms with Gasteiger partial charge >= 0.3 is 0 Å². The molecule has 1 heterocycles. The number of nitrogens with one attached hydrogen (secondary N) is 1. The van der Waals surface area contributed by atoms with E-state index in [1.165, 1.54) is 23.3 Å². The van der Waals surface area contributed by atoms with E-state index in [2.05, 4.69) is 48.0 Å². The van der Waals surface area contributed by atoms with E-state index in [9.17, 15) is 0 Å². The third kappa shape index (κ3) is 3.14. The number of hydrogen-bond acceptors (Lipinski definition) is 3. The monoisotopic (exact) mass is 301 g/mol. The molecule has 0 saturated heterocycles. The van der Waals surface area contributed by atoms with E-state index in [0.29, 0.717) is 18.0 Å². The molecule has 0 spiro atoms. The molecule has 1 aliphatic carbocycles. The lowest BCUT2D eigenvalue weighted by molar-refractivity contribution is 0.258. The maximum Gasteiger partial charge on any atom is 0.122 e. The molecule has 1 saturated carbocycles. The summed E-state index contributed by atoms with van der Waals surface area (Å²) >= 11 is 1.85. The van der Waals surface area contributed by atoms with E-state index in [1.54, 1.807) is 7.11 Å². The average Bonchev–Trinajstić information content (AvgIpc) is 3.00. The summed E-state index contributed by atoms with van der Waals surface area (Å²) in [6, 6.07) is 13.9. The number of rotatable bonds is 6. The van der Waals surface area contributed by atoms with Crippen molar-refractivity contribution in [2.24, 2.45) is 0 Å². The average molecular weight is 301 g/mol. The first kappa shape index (κ1) is 14.6. The Morgan fingerprint density at radius 1 is 1.24 bits per heavy atom. The Bertz CT molecular complexity index is 560. The van der Waals surface area contributed by atoms with E-state index in [4.69, 9.17) is 4.74 Å². The van der Waals surface area contributed by atoms with Gasteiger partial charge < -0.3 is 10.1 Å². The van der Waals surface area contributed by atoms with Crippen LogP contribution in [0.15, 0.2) is 41.8 Å². The predicted molar refractivity (Wildman–Crippen MR) is 89.2 cm³/mol. The van der Waals surface area contributed by atoms with Gasteiger partial charge in [-0.2, -0.15) is 0 Å². The zero-order valence-electron chi connectivity index (χ0n) is 12.7. The highest BCUT2D eigenvalue weighted by Crippen LogP contribution is 2.42. The summed E-state index contributed by atoms with van der Waals surface area (Å²) in [7, 11) is 1.76. The molecule has 21 heavy (non-hydrogen) atoms. The van der Waals surface area contributed by atoms with Gasteiger partial charge in [0.25, 0.3) is 0 Å². The van der Waals surface area contributed by atoms with Crippen LogP contribution in [0.2, 0.25) is 0 Å². The van der Waals surface area contributed by atoms with Gasteiger partial charge in [0, 0.05) is 17.0 Å². The predicted octanol–water partition coefficient (Wildman–Crippen LogP) is 4.74. The summed E-state index contributed by atoms with van der Waals surface area (Å²) < 4.78 is 5.48. The molecule has 3 rings (SSSR count). The number of ether oxygens (including phenoxy) is 1. The van der Waals surface area contributed by atoms with Crippen molar-refractivity contribution in [1.82, 2.24) is 5.32 Å². The lowest BCUT2D eigenvalue weighted by atomic mass is 9.75. The lowest BCUT2D eigenvalue weighted by Gasteiger charge is -2.39. The first-order chi connectivity index (χ1) is 10.3. The van der Waals surface area contributed by atoms with Crippen LogP contribution < -0.4 is 10.1 Å². The fraction of sp³-hybridized carbons (Fsp3) is 0.444. The second-order valence-electron chi connectivity index (χ2n) is 5.75. The van der Waals surface area contributed by atoms with Crippen molar-refractivity contribution >= 4 is 11.3 Å². The van der Waals surface area contributed by atoms with Crippen molar-refractivity contribution in [3.05, 3.63) is 52.2 Å². The summed E-state index contributed by atoms with van der Waals surface area (Å²) in [4.78, 5) is 1.46. The molecule has 1 unspecified atom stereocenters.